The minimum atomic E-state index is -3.83. The fraction of sp³-hybridized carbons (Fsp3) is 0.240. The Bertz CT molecular complexity index is 1360. The lowest BCUT2D eigenvalue weighted by atomic mass is 10.2. The molecule has 0 spiro atoms. The van der Waals surface area contributed by atoms with Crippen LogP contribution in [0.5, 0.6) is 0 Å². The van der Waals surface area contributed by atoms with E-state index >= 15 is 0 Å². The van der Waals surface area contributed by atoms with Gasteiger partial charge in [0.1, 0.15) is 11.4 Å². The zero-order chi connectivity index (χ0) is 25.0. The van der Waals surface area contributed by atoms with Crippen molar-refractivity contribution in [3.63, 3.8) is 0 Å². The van der Waals surface area contributed by atoms with Crippen LogP contribution in [0.15, 0.2) is 57.9 Å². The van der Waals surface area contributed by atoms with Gasteiger partial charge in [-0.3, -0.25) is 9.52 Å². The minimum Gasteiger partial charge on any atom is -0.462 e. The van der Waals surface area contributed by atoms with E-state index in [2.05, 4.69) is 15.2 Å². The molecule has 1 aromatic heterocycles. The fourth-order valence-corrected chi connectivity index (χ4v) is 4.32. The number of nitrogens with one attached hydrogen (secondary N) is 2. The number of anilines is 2. The Balaban J connectivity index is 1.42. The highest BCUT2D eigenvalue weighted by atomic mass is 32.2. The molecule has 2 N–H and O–H groups in total. The monoisotopic (exact) mass is 495 g/mol. The van der Waals surface area contributed by atoms with Gasteiger partial charge in [-0.2, -0.15) is 0 Å². The Hall–Kier alpha value is -3.92. The van der Waals surface area contributed by atoms with Crippen molar-refractivity contribution in [2.45, 2.75) is 31.6 Å². The topological polar surface area (TPSA) is 128 Å². The molecule has 1 fully saturated rings. The molecule has 0 radical (unpaired) electrons. The third kappa shape index (κ3) is 5.96. The summed E-state index contributed by atoms with van der Waals surface area (Å²) < 4.78 is 38.2. The standard InChI is InChI=1S/C25H25N3O6S/c1-3-33-25(30)19-9-11-20(12-10-19)28-35(31,32)21-13-4-17(5-14-21)6-15-22-23(16(2)27-34-22)26-24(29)18-7-8-18/h4-6,9-15,18,28H,3,7-8H2,1-2H3,(H,26,29). The van der Waals surface area contributed by atoms with Gasteiger partial charge in [0.2, 0.25) is 5.91 Å². The van der Waals surface area contributed by atoms with Gasteiger partial charge in [0.05, 0.1) is 17.1 Å². The minimum absolute atomic E-state index is 0.0384. The smallest absolute Gasteiger partial charge is 0.338 e. The molecule has 2 aromatic carbocycles. The number of aryl methyl sites for hydroxylation is 1. The number of nitrogens with zero attached hydrogens (tertiary/aromatic N) is 1. The summed E-state index contributed by atoms with van der Waals surface area (Å²) in [5.41, 5.74) is 2.51. The van der Waals surface area contributed by atoms with Crippen molar-refractivity contribution in [1.29, 1.82) is 0 Å². The Kier molecular flexibility index (Phi) is 7.02. The molecule has 1 aliphatic rings. The molecule has 4 rings (SSSR count). The zero-order valence-corrected chi connectivity index (χ0v) is 20.1. The largest absolute Gasteiger partial charge is 0.462 e. The summed E-state index contributed by atoms with van der Waals surface area (Å²) in [6, 6.07) is 12.3. The highest BCUT2D eigenvalue weighted by Crippen LogP contribution is 2.32. The van der Waals surface area contributed by atoms with Crippen LogP contribution in [0.1, 0.15) is 47.1 Å². The van der Waals surface area contributed by atoms with Crippen molar-refractivity contribution < 1.29 is 27.3 Å². The zero-order valence-electron chi connectivity index (χ0n) is 19.3. The summed E-state index contributed by atoms with van der Waals surface area (Å²) in [6.45, 7) is 3.72. The molecule has 0 atom stereocenters. The molecule has 1 heterocycles. The number of hydrogen-bond donors (Lipinski definition) is 2. The van der Waals surface area contributed by atoms with Crippen molar-refractivity contribution in [3.05, 3.63) is 71.1 Å². The third-order valence-electron chi connectivity index (χ3n) is 5.35. The first-order chi connectivity index (χ1) is 16.8. The number of aromatic nitrogens is 1. The first-order valence-corrected chi connectivity index (χ1v) is 12.6. The third-order valence-corrected chi connectivity index (χ3v) is 6.75. The van der Waals surface area contributed by atoms with Crippen LogP contribution in [0.3, 0.4) is 0 Å². The average Bonchev–Trinajstić information content (AvgIpc) is 3.64. The van der Waals surface area contributed by atoms with E-state index in [1.165, 1.54) is 36.4 Å². The normalized spacial score (nSPS) is 13.5. The second-order valence-electron chi connectivity index (χ2n) is 8.08. The van der Waals surface area contributed by atoms with Gasteiger partial charge in [-0.05, 0) is 74.7 Å². The summed E-state index contributed by atoms with van der Waals surface area (Å²) in [4.78, 5) is 23.9. The van der Waals surface area contributed by atoms with Gasteiger partial charge in [-0.25, -0.2) is 13.2 Å². The lowest BCUT2D eigenvalue weighted by molar-refractivity contribution is -0.117. The number of hydrogen-bond acceptors (Lipinski definition) is 7. The molecule has 1 amide bonds. The molecule has 182 valence electrons. The van der Waals surface area contributed by atoms with Crippen LogP contribution in [0.25, 0.3) is 12.2 Å². The molecule has 35 heavy (non-hydrogen) atoms. The molecular weight excluding hydrogens is 470 g/mol. The van der Waals surface area contributed by atoms with Crippen LogP contribution in [-0.4, -0.2) is 32.1 Å². The van der Waals surface area contributed by atoms with E-state index in [9.17, 15) is 18.0 Å². The summed E-state index contributed by atoms with van der Waals surface area (Å²) in [7, 11) is -3.83. The summed E-state index contributed by atoms with van der Waals surface area (Å²) in [5.74, 6) is -0.0344. The number of carbonyl (C=O) groups excluding carboxylic acids is 2. The van der Waals surface area contributed by atoms with E-state index in [0.29, 0.717) is 28.4 Å². The SMILES string of the molecule is CCOC(=O)c1ccc(NS(=O)(=O)c2ccc(C=Cc3onc(C)c3NC(=O)C3CC3)cc2)cc1. The van der Waals surface area contributed by atoms with Crippen molar-refractivity contribution >= 4 is 45.4 Å². The predicted molar refractivity (Wildman–Crippen MR) is 131 cm³/mol. The van der Waals surface area contributed by atoms with Gasteiger partial charge in [0.25, 0.3) is 10.0 Å². The summed E-state index contributed by atoms with van der Waals surface area (Å²) >= 11 is 0. The molecule has 1 saturated carbocycles. The molecule has 0 bridgehead atoms. The average molecular weight is 496 g/mol. The van der Waals surface area contributed by atoms with Gasteiger partial charge >= 0.3 is 5.97 Å². The van der Waals surface area contributed by atoms with Crippen LogP contribution in [0, 0.1) is 12.8 Å². The van der Waals surface area contributed by atoms with Gasteiger partial charge in [0, 0.05) is 11.6 Å². The van der Waals surface area contributed by atoms with E-state index in [4.69, 9.17) is 9.26 Å². The van der Waals surface area contributed by atoms with E-state index in [0.717, 1.165) is 18.4 Å². The van der Waals surface area contributed by atoms with E-state index in [1.807, 2.05) is 0 Å². The van der Waals surface area contributed by atoms with Crippen LogP contribution in [0.2, 0.25) is 0 Å². The molecular formula is C25H25N3O6S. The molecule has 1 aliphatic carbocycles. The molecule has 0 saturated heterocycles. The molecule has 10 heteroatoms. The van der Waals surface area contributed by atoms with Gasteiger partial charge in [0.15, 0.2) is 5.76 Å². The number of ether oxygens (including phenoxy) is 1. The molecule has 0 unspecified atom stereocenters. The first kappa shape index (κ1) is 24.2. The first-order valence-electron chi connectivity index (χ1n) is 11.1. The van der Waals surface area contributed by atoms with Crippen molar-refractivity contribution in [2.24, 2.45) is 5.92 Å². The fourth-order valence-electron chi connectivity index (χ4n) is 3.26. The predicted octanol–water partition coefficient (Wildman–Crippen LogP) is 4.48. The van der Waals surface area contributed by atoms with Crippen LogP contribution >= 0.6 is 0 Å². The van der Waals surface area contributed by atoms with Gasteiger partial charge in [-0.1, -0.05) is 23.4 Å². The number of benzene rings is 2. The van der Waals surface area contributed by atoms with Crippen molar-refractivity contribution in [2.75, 3.05) is 16.6 Å². The lowest BCUT2D eigenvalue weighted by Gasteiger charge is -2.09. The van der Waals surface area contributed by atoms with Crippen molar-refractivity contribution in [1.82, 2.24) is 5.16 Å². The number of amides is 1. The maximum Gasteiger partial charge on any atom is 0.338 e. The number of esters is 1. The van der Waals surface area contributed by atoms with Crippen LogP contribution in [-0.2, 0) is 19.6 Å². The van der Waals surface area contributed by atoms with E-state index in [-0.39, 0.29) is 23.3 Å². The van der Waals surface area contributed by atoms with Crippen molar-refractivity contribution in [3.8, 4) is 0 Å². The quantitative estimate of drug-likeness (QED) is 0.419. The van der Waals surface area contributed by atoms with E-state index in [1.54, 1.807) is 38.1 Å². The van der Waals surface area contributed by atoms with Gasteiger partial charge in [-0.15, -0.1) is 0 Å². The Labute approximate surface area is 203 Å². The highest BCUT2D eigenvalue weighted by molar-refractivity contribution is 7.92. The number of rotatable bonds is 9. The maximum atomic E-state index is 12.7. The second kappa shape index (κ2) is 10.1. The summed E-state index contributed by atoms with van der Waals surface area (Å²) in [6.07, 6.45) is 5.20. The second-order valence-corrected chi connectivity index (χ2v) is 9.76. The molecule has 0 aliphatic heterocycles. The Morgan fingerprint density at radius 2 is 1.77 bits per heavy atom. The lowest BCUT2D eigenvalue weighted by Crippen LogP contribution is -2.14. The Morgan fingerprint density at radius 1 is 1.09 bits per heavy atom. The van der Waals surface area contributed by atoms with Crippen LogP contribution in [0.4, 0.5) is 11.4 Å². The summed E-state index contributed by atoms with van der Waals surface area (Å²) in [5, 5.41) is 6.78. The number of sulfonamides is 1. The Morgan fingerprint density at radius 3 is 2.40 bits per heavy atom. The van der Waals surface area contributed by atoms with E-state index < -0.39 is 16.0 Å². The molecule has 9 nitrogen and oxygen atoms in total. The highest BCUT2D eigenvalue weighted by Gasteiger charge is 2.30. The molecule has 3 aromatic rings. The van der Waals surface area contributed by atoms with Crippen LogP contribution < -0.4 is 10.0 Å². The maximum absolute atomic E-state index is 12.7. The number of carbonyl (C=O) groups is 2. The van der Waals surface area contributed by atoms with Gasteiger partial charge < -0.3 is 14.6 Å².